The van der Waals surface area contributed by atoms with E-state index in [4.69, 9.17) is 18.6 Å². The Kier molecular flexibility index (Phi) is 5.98. The molecule has 2 heterocycles. The Labute approximate surface area is 205 Å². The summed E-state index contributed by atoms with van der Waals surface area (Å²) in [5.41, 5.74) is 0.489. The number of hydrogen-bond acceptors (Lipinski definition) is 7. The maximum absolute atomic E-state index is 13.2. The molecule has 2 aromatic rings. The van der Waals surface area contributed by atoms with E-state index in [0.29, 0.717) is 37.7 Å². The molecule has 0 N–H and O–H groups in total. The predicted octanol–water partition coefficient (Wildman–Crippen LogP) is 5.12. The zero-order valence-electron chi connectivity index (χ0n) is 20.4. The highest BCUT2D eigenvalue weighted by molar-refractivity contribution is 5.89. The summed E-state index contributed by atoms with van der Waals surface area (Å²) >= 11 is 0. The van der Waals surface area contributed by atoms with Crippen molar-refractivity contribution in [1.82, 2.24) is 0 Å². The van der Waals surface area contributed by atoms with E-state index < -0.39 is 29.5 Å². The zero-order valence-corrected chi connectivity index (χ0v) is 20.4. The van der Waals surface area contributed by atoms with Gasteiger partial charge in [0.1, 0.15) is 12.2 Å². The molecule has 3 fully saturated rings. The van der Waals surface area contributed by atoms with Crippen LogP contribution in [0.2, 0.25) is 0 Å². The highest BCUT2D eigenvalue weighted by Gasteiger charge is 2.64. The van der Waals surface area contributed by atoms with Gasteiger partial charge >= 0.3 is 17.9 Å². The number of rotatable bonds is 4. The Balaban J connectivity index is 1.49. The van der Waals surface area contributed by atoms with Crippen LogP contribution < -0.4 is 0 Å². The molecule has 0 bridgehead atoms. The normalized spacial score (nSPS) is 36.3. The summed E-state index contributed by atoms with van der Waals surface area (Å²) in [6.07, 6.45) is 5.32. The van der Waals surface area contributed by atoms with Crippen molar-refractivity contribution in [1.29, 1.82) is 0 Å². The number of ether oxygens (including phenoxy) is 3. The Morgan fingerprint density at radius 3 is 2.51 bits per heavy atom. The molecule has 3 aliphatic rings. The first-order valence-electron chi connectivity index (χ1n) is 12.3. The predicted molar refractivity (Wildman–Crippen MR) is 125 cm³/mol. The van der Waals surface area contributed by atoms with E-state index >= 15 is 0 Å². The van der Waals surface area contributed by atoms with E-state index in [-0.39, 0.29) is 29.2 Å². The second-order valence-electron chi connectivity index (χ2n) is 10.8. The maximum atomic E-state index is 13.2. The Hall–Kier alpha value is -3.09. The molecule has 0 unspecified atom stereocenters. The molecular weight excluding hydrogens is 448 g/mol. The highest BCUT2D eigenvalue weighted by Crippen LogP contribution is 2.66. The summed E-state index contributed by atoms with van der Waals surface area (Å²) in [7, 11) is 1.40. The average molecular weight is 481 g/mol. The summed E-state index contributed by atoms with van der Waals surface area (Å²) < 4.78 is 22.3. The molecule has 7 atom stereocenters. The van der Waals surface area contributed by atoms with Crippen molar-refractivity contribution in [3.05, 3.63) is 60.1 Å². The number of cyclic esters (lactones) is 1. The maximum Gasteiger partial charge on any atom is 0.338 e. The molecule has 1 saturated heterocycles. The molecule has 186 valence electrons. The fraction of sp³-hybridized carbons (Fsp3) is 0.536. The van der Waals surface area contributed by atoms with Crippen LogP contribution in [0.4, 0.5) is 0 Å². The van der Waals surface area contributed by atoms with Gasteiger partial charge in [0.05, 0.1) is 37.0 Å². The van der Waals surface area contributed by atoms with Gasteiger partial charge in [-0.05, 0) is 67.1 Å². The van der Waals surface area contributed by atoms with Crippen LogP contribution in [0.15, 0.2) is 53.3 Å². The standard InChI is InChI=1S/C28H32O7/c1-27-11-9-20-26(31)35-22(18-10-12-33-16-18)15-28(20,2)23(27)14-19(13-21(27)25(30)32-3)34-24(29)17-7-5-4-6-8-17/h4-8,10,12,16,19-23H,9,11,13-15H2,1-3H3/t19-,20-,21-,22-,23-,27-,28-/m0/s1. The number of carbonyl (C=O) groups excluding carboxylic acids is 3. The number of hydrogen-bond donors (Lipinski definition) is 0. The van der Waals surface area contributed by atoms with Crippen LogP contribution in [-0.4, -0.2) is 31.1 Å². The molecule has 2 aliphatic carbocycles. The number of esters is 3. The minimum atomic E-state index is -0.453. The number of benzene rings is 1. The van der Waals surface area contributed by atoms with Gasteiger partial charge in [0.25, 0.3) is 0 Å². The van der Waals surface area contributed by atoms with Crippen molar-refractivity contribution >= 4 is 17.9 Å². The average Bonchev–Trinajstić information content (AvgIpc) is 3.39. The molecule has 35 heavy (non-hydrogen) atoms. The number of fused-ring (bicyclic) bond motifs is 3. The monoisotopic (exact) mass is 480 g/mol. The molecule has 5 rings (SSSR count). The first-order valence-corrected chi connectivity index (χ1v) is 12.3. The number of methoxy groups -OCH3 is 1. The summed E-state index contributed by atoms with van der Waals surface area (Å²) in [5, 5.41) is 0. The summed E-state index contributed by atoms with van der Waals surface area (Å²) in [6.45, 7) is 4.28. The molecule has 0 radical (unpaired) electrons. The number of carbonyl (C=O) groups is 3. The summed E-state index contributed by atoms with van der Waals surface area (Å²) in [6, 6.07) is 10.7. The van der Waals surface area contributed by atoms with Crippen LogP contribution in [0, 0.1) is 28.6 Å². The molecular formula is C28H32O7. The highest BCUT2D eigenvalue weighted by atomic mass is 16.6. The van der Waals surface area contributed by atoms with Crippen molar-refractivity contribution in [2.45, 2.75) is 58.2 Å². The largest absolute Gasteiger partial charge is 0.472 e. The Morgan fingerprint density at radius 1 is 1.06 bits per heavy atom. The molecule has 2 saturated carbocycles. The van der Waals surface area contributed by atoms with Crippen LogP contribution in [-0.2, 0) is 23.8 Å². The minimum Gasteiger partial charge on any atom is -0.472 e. The summed E-state index contributed by atoms with van der Waals surface area (Å²) in [4.78, 5) is 39.1. The van der Waals surface area contributed by atoms with Gasteiger partial charge in [0.2, 0.25) is 0 Å². The van der Waals surface area contributed by atoms with Crippen LogP contribution in [0.5, 0.6) is 0 Å². The third kappa shape index (κ3) is 3.95. The molecule has 0 amide bonds. The van der Waals surface area contributed by atoms with Gasteiger partial charge in [0, 0.05) is 5.56 Å². The fourth-order valence-electron chi connectivity index (χ4n) is 7.18. The SMILES string of the molecule is COC(=O)[C@@H]1C[C@H](OC(=O)c2ccccc2)C[C@H]2[C@@]1(C)CC[C@H]1C(=O)O[C@H](c3ccoc3)C[C@]21C. The fourth-order valence-corrected chi connectivity index (χ4v) is 7.18. The molecule has 7 heteroatoms. The second-order valence-corrected chi connectivity index (χ2v) is 10.8. The van der Waals surface area contributed by atoms with E-state index in [1.54, 1.807) is 36.8 Å². The van der Waals surface area contributed by atoms with E-state index in [2.05, 4.69) is 13.8 Å². The first-order chi connectivity index (χ1) is 16.8. The van der Waals surface area contributed by atoms with Gasteiger partial charge in [0.15, 0.2) is 0 Å². The van der Waals surface area contributed by atoms with Crippen molar-refractivity contribution in [2.75, 3.05) is 7.11 Å². The van der Waals surface area contributed by atoms with Gasteiger partial charge in [-0.15, -0.1) is 0 Å². The van der Waals surface area contributed by atoms with E-state index in [0.717, 1.165) is 5.56 Å². The lowest BCUT2D eigenvalue weighted by Gasteiger charge is -2.62. The second kappa shape index (κ2) is 8.85. The van der Waals surface area contributed by atoms with Gasteiger partial charge in [-0.1, -0.05) is 32.0 Å². The minimum absolute atomic E-state index is 0.0394. The van der Waals surface area contributed by atoms with Crippen molar-refractivity contribution in [3.8, 4) is 0 Å². The Bertz CT molecular complexity index is 1090. The first kappa shape index (κ1) is 23.6. The van der Waals surface area contributed by atoms with Crippen molar-refractivity contribution < 1.29 is 33.0 Å². The van der Waals surface area contributed by atoms with Crippen LogP contribution >= 0.6 is 0 Å². The molecule has 1 aliphatic heterocycles. The van der Waals surface area contributed by atoms with Crippen LogP contribution in [0.25, 0.3) is 0 Å². The Morgan fingerprint density at radius 2 is 1.83 bits per heavy atom. The molecule has 1 aromatic heterocycles. The summed E-state index contributed by atoms with van der Waals surface area (Å²) in [5.74, 6) is -1.63. The van der Waals surface area contributed by atoms with Crippen LogP contribution in [0.1, 0.15) is 68.0 Å². The third-order valence-corrected chi connectivity index (χ3v) is 9.01. The van der Waals surface area contributed by atoms with Gasteiger partial charge in [-0.3, -0.25) is 9.59 Å². The topological polar surface area (TPSA) is 92.0 Å². The van der Waals surface area contributed by atoms with Gasteiger partial charge < -0.3 is 18.6 Å². The van der Waals surface area contributed by atoms with Gasteiger partial charge in [-0.25, -0.2) is 4.79 Å². The lowest BCUT2D eigenvalue weighted by atomic mass is 9.43. The molecule has 0 spiro atoms. The van der Waals surface area contributed by atoms with Crippen molar-refractivity contribution in [2.24, 2.45) is 28.6 Å². The lowest BCUT2D eigenvalue weighted by molar-refractivity contribution is -0.210. The zero-order chi connectivity index (χ0) is 24.8. The smallest absolute Gasteiger partial charge is 0.338 e. The van der Waals surface area contributed by atoms with Gasteiger partial charge in [-0.2, -0.15) is 0 Å². The molecule has 7 nitrogen and oxygen atoms in total. The van der Waals surface area contributed by atoms with Crippen molar-refractivity contribution in [3.63, 3.8) is 0 Å². The van der Waals surface area contributed by atoms with E-state index in [9.17, 15) is 14.4 Å². The van der Waals surface area contributed by atoms with Crippen LogP contribution in [0.3, 0.4) is 0 Å². The van der Waals surface area contributed by atoms with E-state index in [1.807, 2.05) is 12.1 Å². The number of furan rings is 1. The molecule has 1 aromatic carbocycles. The lowest BCUT2D eigenvalue weighted by Crippen LogP contribution is -2.61. The quantitative estimate of drug-likeness (QED) is 0.443. The van der Waals surface area contributed by atoms with E-state index in [1.165, 1.54) is 7.11 Å². The third-order valence-electron chi connectivity index (χ3n) is 9.01.